The third-order valence-corrected chi connectivity index (χ3v) is 3.40. The molecule has 0 saturated carbocycles. The van der Waals surface area contributed by atoms with Crippen LogP contribution in [-0.4, -0.2) is 31.3 Å². The number of nitrogens with one attached hydrogen (secondary N) is 1. The van der Waals surface area contributed by atoms with Crippen LogP contribution in [0.2, 0.25) is 0 Å². The summed E-state index contributed by atoms with van der Waals surface area (Å²) in [4.78, 5) is 11.4. The zero-order chi connectivity index (χ0) is 14.6. The Morgan fingerprint density at radius 1 is 1.32 bits per heavy atom. The highest BCUT2D eigenvalue weighted by molar-refractivity contribution is 5.70. The zero-order valence-corrected chi connectivity index (χ0v) is 12.3. The summed E-state index contributed by atoms with van der Waals surface area (Å²) in [6.07, 6.45) is -0.592. The van der Waals surface area contributed by atoms with Gasteiger partial charge in [-0.1, -0.05) is 17.7 Å². The second-order valence-corrected chi connectivity index (χ2v) is 4.93. The van der Waals surface area contributed by atoms with Crippen molar-refractivity contribution in [3.8, 4) is 0 Å². The van der Waals surface area contributed by atoms with Crippen molar-refractivity contribution >= 4 is 5.97 Å². The van der Waals surface area contributed by atoms with E-state index in [9.17, 15) is 9.90 Å². The lowest BCUT2D eigenvalue weighted by Gasteiger charge is -2.25. The molecular formula is C15H23NO3. The van der Waals surface area contributed by atoms with Crippen molar-refractivity contribution in [3.63, 3.8) is 0 Å². The molecule has 0 radical (unpaired) electrons. The maximum atomic E-state index is 11.4. The highest BCUT2D eigenvalue weighted by atomic mass is 16.5. The summed E-state index contributed by atoms with van der Waals surface area (Å²) in [6, 6.07) is 3.72. The van der Waals surface area contributed by atoms with Gasteiger partial charge < -0.3 is 15.2 Å². The fourth-order valence-corrected chi connectivity index (χ4v) is 2.49. The fourth-order valence-electron chi connectivity index (χ4n) is 2.49. The number of benzene rings is 1. The Kier molecular flexibility index (Phi) is 5.51. The largest absolute Gasteiger partial charge is 0.469 e. The number of hydrogen-bond acceptors (Lipinski definition) is 4. The Labute approximate surface area is 114 Å². The van der Waals surface area contributed by atoms with E-state index < -0.39 is 6.10 Å². The van der Waals surface area contributed by atoms with Gasteiger partial charge in [0.2, 0.25) is 0 Å². The molecule has 2 N–H and O–H groups in total. The second-order valence-electron chi connectivity index (χ2n) is 4.93. The molecule has 0 amide bonds. The van der Waals surface area contributed by atoms with Gasteiger partial charge in [-0.25, -0.2) is 0 Å². The van der Waals surface area contributed by atoms with Crippen molar-refractivity contribution in [2.24, 2.45) is 0 Å². The van der Waals surface area contributed by atoms with Gasteiger partial charge in [-0.3, -0.25) is 4.79 Å². The molecule has 0 bridgehead atoms. The number of ether oxygens (including phenoxy) is 1. The van der Waals surface area contributed by atoms with E-state index in [0.29, 0.717) is 0 Å². The number of rotatable bonds is 5. The Bertz CT molecular complexity index is 434. The summed E-state index contributed by atoms with van der Waals surface area (Å²) in [6.45, 7) is 5.98. The zero-order valence-electron chi connectivity index (χ0n) is 12.3. The first kappa shape index (κ1) is 15.7. The van der Waals surface area contributed by atoms with Crippen molar-refractivity contribution in [1.29, 1.82) is 0 Å². The highest BCUT2D eigenvalue weighted by Gasteiger charge is 2.25. The summed E-state index contributed by atoms with van der Waals surface area (Å²) >= 11 is 0. The van der Waals surface area contributed by atoms with Gasteiger partial charge in [0, 0.05) is 6.04 Å². The monoisotopic (exact) mass is 265 g/mol. The van der Waals surface area contributed by atoms with Crippen LogP contribution in [0.25, 0.3) is 0 Å². The summed E-state index contributed by atoms with van der Waals surface area (Å²) in [5, 5.41) is 13.5. The third kappa shape index (κ3) is 3.78. The predicted octanol–water partition coefficient (Wildman–Crippen LogP) is 1.80. The number of methoxy groups -OCH3 is 1. The maximum absolute atomic E-state index is 11.4. The molecule has 0 aliphatic rings. The normalized spacial score (nSPS) is 14.0. The molecule has 19 heavy (non-hydrogen) atoms. The number of carbonyl (C=O) groups is 1. The van der Waals surface area contributed by atoms with Crippen LogP contribution in [0.3, 0.4) is 0 Å². The standard InChI is InChI=1S/C15H23NO3/c1-9-6-10(2)14(11(3)7-9)15(18)12(16-4)8-13(17)19-5/h6-7,12,15-16,18H,8H2,1-5H3. The summed E-state index contributed by atoms with van der Waals surface area (Å²) in [5.41, 5.74) is 4.12. The van der Waals surface area contributed by atoms with Gasteiger partial charge in [0.15, 0.2) is 0 Å². The van der Waals surface area contributed by atoms with Gasteiger partial charge in [0.25, 0.3) is 0 Å². The molecule has 4 nitrogen and oxygen atoms in total. The molecule has 0 aliphatic heterocycles. The summed E-state index contributed by atoms with van der Waals surface area (Å²) in [5.74, 6) is -0.333. The molecule has 0 saturated heterocycles. The van der Waals surface area contributed by atoms with E-state index >= 15 is 0 Å². The number of aliphatic hydroxyl groups is 1. The van der Waals surface area contributed by atoms with Crippen molar-refractivity contribution in [2.75, 3.05) is 14.2 Å². The van der Waals surface area contributed by atoms with Crippen LogP contribution < -0.4 is 5.32 Å². The second kappa shape index (κ2) is 6.68. The van der Waals surface area contributed by atoms with Crippen molar-refractivity contribution in [2.45, 2.75) is 39.3 Å². The minimum atomic E-state index is -0.732. The Hall–Kier alpha value is -1.39. The topological polar surface area (TPSA) is 58.6 Å². The summed E-state index contributed by atoms with van der Waals surface area (Å²) in [7, 11) is 3.08. The Morgan fingerprint density at radius 3 is 2.26 bits per heavy atom. The van der Waals surface area contributed by atoms with E-state index in [2.05, 4.69) is 10.1 Å². The Balaban J connectivity index is 3.03. The van der Waals surface area contributed by atoms with Crippen LogP contribution in [0, 0.1) is 20.8 Å². The predicted molar refractivity (Wildman–Crippen MR) is 75.1 cm³/mol. The van der Waals surface area contributed by atoms with E-state index in [0.717, 1.165) is 16.7 Å². The van der Waals surface area contributed by atoms with E-state index in [1.807, 2.05) is 32.9 Å². The highest BCUT2D eigenvalue weighted by Crippen LogP contribution is 2.27. The molecule has 4 heteroatoms. The van der Waals surface area contributed by atoms with Crippen LogP contribution in [0.1, 0.15) is 34.8 Å². The van der Waals surface area contributed by atoms with Gasteiger partial charge in [-0.15, -0.1) is 0 Å². The van der Waals surface area contributed by atoms with Gasteiger partial charge >= 0.3 is 5.97 Å². The number of aryl methyl sites for hydroxylation is 3. The average Bonchev–Trinajstić information content (AvgIpc) is 2.33. The fraction of sp³-hybridized carbons (Fsp3) is 0.533. The van der Waals surface area contributed by atoms with Crippen LogP contribution >= 0.6 is 0 Å². The molecule has 2 atom stereocenters. The number of carbonyl (C=O) groups excluding carboxylic acids is 1. The molecule has 1 aromatic rings. The lowest BCUT2D eigenvalue weighted by Crippen LogP contribution is -2.35. The average molecular weight is 265 g/mol. The molecule has 0 aromatic heterocycles. The quantitative estimate of drug-likeness (QED) is 0.797. The molecule has 106 valence electrons. The van der Waals surface area contributed by atoms with Crippen LogP contribution in [-0.2, 0) is 9.53 Å². The first-order chi connectivity index (χ1) is 8.90. The van der Waals surface area contributed by atoms with Crippen molar-refractivity contribution in [1.82, 2.24) is 5.32 Å². The minimum Gasteiger partial charge on any atom is -0.469 e. The number of aliphatic hydroxyl groups excluding tert-OH is 1. The molecular weight excluding hydrogens is 242 g/mol. The van der Waals surface area contributed by atoms with Gasteiger partial charge in [0.05, 0.1) is 19.6 Å². The van der Waals surface area contributed by atoms with Gasteiger partial charge in [-0.2, -0.15) is 0 Å². The van der Waals surface area contributed by atoms with Crippen molar-refractivity contribution in [3.05, 3.63) is 34.4 Å². The minimum absolute atomic E-state index is 0.140. The molecule has 0 fully saturated rings. The third-order valence-electron chi connectivity index (χ3n) is 3.40. The van der Waals surface area contributed by atoms with E-state index in [4.69, 9.17) is 0 Å². The van der Waals surface area contributed by atoms with Crippen LogP contribution in [0.4, 0.5) is 0 Å². The first-order valence-electron chi connectivity index (χ1n) is 6.40. The Morgan fingerprint density at radius 2 is 1.84 bits per heavy atom. The molecule has 0 aliphatic carbocycles. The van der Waals surface area contributed by atoms with E-state index in [1.165, 1.54) is 12.7 Å². The summed E-state index contributed by atoms with van der Waals surface area (Å²) < 4.78 is 4.66. The maximum Gasteiger partial charge on any atom is 0.307 e. The lowest BCUT2D eigenvalue weighted by molar-refractivity contribution is -0.142. The smallest absolute Gasteiger partial charge is 0.307 e. The molecule has 1 rings (SSSR count). The number of esters is 1. The SMILES string of the molecule is CNC(CC(=O)OC)C(O)c1c(C)cc(C)cc1C. The van der Waals surface area contributed by atoms with Crippen LogP contribution in [0.5, 0.6) is 0 Å². The van der Waals surface area contributed by atoms with Gasteiger partial charge in [-0.05, 0) is 44.5 Å². The van der Waals surface area contributed by atoms with Crippen molar-refractivity contribution < 1.29 is 14.6 Å². The lowest BCUT2D eigenvalue weighted by atomic mass is 9.91. The molecule has 0 spiro atoms. The van der Waals surface area contributed by atoms with E-state index in [1.54, 1.807) is 7.05 Å². The van der Waals surface area contributed by atoms with E-state index in [-0.39, 0.29) is 18.4 Å². The van der Waals surface area contributed by atoms with Gasteiger partial charge in [0.1, 0.15) is 0 Å². The number of likely N-dealkylation sites (N-methyl/N-ethyl adjacent to an activating group) is 1. The molecule has 1 aromatic carbocycles. The number of hydrogen-bond donors (Lipinski definition) is 2. The first-order valence-corrected chi connectivity index (χ1v) is 6.40. The molecule has 2 unspecified atom stereocenters. The molecule has 0 heterocycles. The van der Waals surface area contributed by atoms with Crippen LogP contribution in [0.15, 0.2) is 12.1 Å².